The molecule has 1 amide bonds. The minimum Gasteiger partial charge on any atom is -0.383 e. The summed E-state index contributed by atoms with van der Waals surface area (Å²) in [6.45, 7) is 3.45. The summed E-state index contributed by atoms with van der Waals surface area (Å²) in [5.41, 5.74) is 6.02. The number of pyridine rings is 1. The van der Waals surface area contributed by atoms with Crippen molar-refractivity contribution < 1.29 is 13.2 Å². The fourth-order valence-electron chi connectivity index (χ4n) is 4.56. The lowest BCUT2D eigenvalue weighted by Gasteiger charge is -2.33. The molecule has 35 heavy (non-hydrogen) atoms. The van der Waals surface area contributed by atoms with E-state index in [1.807, 2.05) is 36.4 Å². The maximum Gasteiger partial charge on any atom is 0.241 e. The van der Waals surface area contributed by atoms with Crippen LogP contribution in [0.25, 0.3) is 20.9 Å². The Morgan fingerprint density at radius 2 is 1.89 bits per heavy atom. The van der Waals surface area contributed by atoms with Crippen molar-refractivity contribution in [2.45, 2.75) is 37.1 Å². The number of likely N-dealkylation sites (tertiary alicyclic amines) is 1. The number of thiophene rings is 1. The van der Waals surface area contributed by atoms with Crippen LogP contribution in [0.1, 0.15) is 24.6 Å². The standard InChI is InChI=1S/C26H28N4O3S2/c1-17-9-12-30(13-10-17)26(31)23(16-20-15-22-24(34-20)8-11-28-25(22)27)29-35(32,33)21-7-6-18-4-2-3-5-19(18)14-21/h2-8,11,14-15,17,23,29H,9-10,12-13,16H2,1H3,(H2,27,28)/t23-/m0/s1. The number of anilines is 1. The van der Waals surface area contributed by atoms with E-state index in [9.17, 15) is 13.2 Å². The number of rotatable bonds is 6. The molecule has 1 atom stereocenters. The number of benzene rings is 2. The van der Waals surface area contributed by atoms with Gasteiger partial charge in [0.15, 0.2) is 0 Å². The number of piperidine rings is 1. The molecule has 0 spiro atoms. The molecule has 0 unspecified atom stereocenters. The second-order valence-corrected chi connectivity index (χ2v) is 12.1. The van der Waals surface area contributed by atoms with Crippen LogP contribution in [0.3, 0.4) is 0 Å². The van der Waals surface area contributed by atoms with E-state index < -0.39 is 16.1 Å². The molecule has 0 aliphatic carbocycles. The van der Waals surface area contributed by atoms with Crippen molar-refractivity contribution in [2.75, 3.05) is 18.8 Å². The fourth-order valence-corrected chi connectivity index (χ4v) is 6.89. The first-order chi connectivity index (χ1) is 16.8. The van der Waals surface area contributed by atoms with Crippen molar-refractivity contribution in [1.29, 1.82) is 0 Å². The lowest BCUT2D eigenvalue weighted by Crippen LogP contribution is -2.51. The molecule has 1 aliphatic heterocycles. The first kappa shape index (κ1) is 23.7. The smallest absolute Gasteiger partial charge is 0.241 e. The largest absolute Gasteiger partial charge is 0.383 e. The second-order valence-electron chi connectivity index (χ2n) is 9.22. The molecule has 9 heteroatoms. The number of nitrogens with zero attached hydrogens (tertiary/aromatic N) is 2. The number of hydrogen-bond acceptors (Lipinski definition) is 6. The average Bonchev–Trinajstić information content (AvgIpc) is 3.27. The van der Waals surface area contributed by atoms with E-state index in [-0.39, 0.29) is 17.2 Å². The highest BCUT2D eigenvalue weighted by Crippen LogP contribution is 2.30. The van der Waals surface area contributed by atoms with Crippen molar-refractivity contribution in [3.63, 3.8) is 0 Å². The summed E-state index contributed by atoms with van der Waals surface area (Å²) in [6.07, 6.45) is 3.73. The van der Waals surface area contributed by atoms with E-state index in [2.05, 4.69) is 16.6 Å². The monoisotopic (exact) mass is 508 g/mol. The van der Waals surface area contributed by atoms with Crippen LogP contribution < -0.4 is 10.5 Å². The minimum absolute atomic E-state index is 0.144. The molecule has 0 saturated carbocycles. The Hall–Kier alpha value is -3.01. The van der Waals surface area contributed by atoms with Gasteiger partial charge in [0.25, 0.3) is 0 Å². The van der Waals surface area contributed by atoms with Gasteiger partial charge in [-0.1, -0.05) is 37.3 Å². The number of hydrogen-bond donors (Lipinski definition) is 2. The molecule has 2 aromatic heterocycles. The number of fused-ring (bicyclic) bond motifs is 2. The molecule has 4 aromatic rings. The summed E-state index contributed by atoms with van der Waals surface area (Å²) >= 11 is 1.50. The highest BCUT2D eigenvalue weighted by atomic mass is 32.2. The van der Waals surface area contributed by atoms with E-state index >= 15 is 0 Å². The second kappa shape index (κ2) is 9.56. The number of nitrogens with one attached hydrogen (secondary N) is 1. The van der Waals surface area contributed by atoms with Crippen LogP contribution >= 0.6 is 11.3 Å². The Kier molecular flexibility index (Phi) is 6.48. The molecule has 1 saturated heterocycles. The summed E-state index contributed by atoms with van der Waals surface area (Å²) in [5, 5.41) is 2.61. The van der Waals surface area contributed by atoms with Crippen LogP contribution in [0.5, 0.6) is 0 Å². The molecular weight excluding hydrogens is 480 g/mol. The third kappa shape index (κ3) is 5.03. The first-order valence-corrected chi connectivity index (χ1v) is 14.0. The van der Waals surface area contributed by atoms with Crippen LogP contribution in [0.4, 0.5) is 5.82 Å². The van der Waals surface area contributed by atoms with Crippen molar-refractivity contribution in [3.05, 3.63) is 65.7 Å². The zero-order valence-corrected chi connectivity index (χ0v) is 21.1. The van der Waals surface area contributed by atoms with Gasteiger partial charge in [-0.2, -0.15) is 4.72 Å². The van der Waals surface area contributed by atoms with Crippen LogP contribution in [-0.2, 0) is 21.2 Å². The molecular formula is C26H28N4O3S2. The summed E-state index contributed by atoms with van der Waals surface area (Å²) in [7, 11) is -3.93. The number of amides is 1. The Balaban J connectivity index is 1.46. The highest BCUT2D eigenvalue weighted by molar-refractivity contribution is 7.89. The molecule has 1 fully saturated rings. The van der Waals surface area contributed by atoms with Crippen molar-refractivity contribution in [1.82, 2.24) is 14.6 Å². The topological polar surface area (TPSA) is 105 Å². The summed E-state index contributed by atoms with van der Waals surface area (Å²) in [5.74, 6) is 0.796. The molecule has 0 radical (unpaired) electrons. The third-order valence-corrected chi connectivity index (χ3v) is 9.25. The number of sulfonamides is 1. The molecule has 2 aromatic carbocycles. The van der Waals surface area contributed by atoms with Gasteiger partial charge in [-0.3, -0.25) is 4.79 Å². The minimum atomic E-state index is -3.93. The number of nitrogens with two attached hydrogens (primary N) is 1. The molecule has 1 aliphatic rings. The quantitative estimate of drug-likeness (QED) is 0.407. The van der Waals surface area contributed by atoms with Gasteiger partial charge < -0.3 is 10.6 Å². The Bertz CT molecular complexity index is 1490. The molecule has 7 nitrogen and oxygen atoms in total. The Morgan fingerprint density at radius 1 is 1.14 bits per heavy atom. The van der Waals surface area contributed by atoms with Gasteiger partial charge in [-0.25, -0.2) is 13.4 Å². The first-order valence-electron chi connectivity index (χ1n) is 11.7. The Morgan fingerprint density at radius 3 is 2.63 bits per heavy atom. The lowest BCUT2D eigenvalue weighted by atomic mass is 9.98. The third-order valence-electron chi connectivity index (χ3n) is 6.65. The van der Waals surface area contributed by atoms with Gasteiger partial charge in [0.05, 0.1) is 4.90 Å². The molecule has 0 bridgehead atoms. The van der Waals surface area contributed by atoms with Gasteiger partial charge in [-0.15, -0.1) is 11.3 Å². The van der Waals surface area contributed by atoms with Gasteiger partial charge in [-0.05, 0) is 53.8 Å². The zero-order valence-electron chi connectivity index (χ0n) is 19.5. The normalized spacial score (nSPS) is 16.1. The van der Waals surface area contributed by atoms with Gasteiger partial charge in [0.2, 0.25) is 15.9 Å². The molecule has 3 heterocycles. The molecule has 182 valence electrons. The van der Waals surface area contributed by atoms with Crippen LogP contribution in [-0.4, -0.2) is 43.3 Å². The number of aromatic nitrogens is 1. The fraction of sp³-hybridized carbons (Fsp3) is 0.308. The van der Waals surface area contributed by atoms with Crippen LogP contribution in [0, 0.1) is 5.92 Å². The molecule has 3 N–H and O–H groups in total. The van der Waals surface area contributed by atoms with Gasteiger partial charge in [0, 0.05) is 40.7 Å². The van der Waals surface area contributed by atoms with Crippen LogP contribution in [0.2, 0.25) is 0 Å². The lowest BCUT2D eigenvalue weighted by molar-refractivity contribution is -0.134. The highest BCUT2D eigenvalue weighted by Gasteiger charge is 2.31. The number of carbonyl (C=O) groups is 1. The average molecular weight is 509 g/mol. The van der Waals surface area contributed by atoms with E-state index in [1.165, 1.54) is 11.3 Å². The van der Waals surface area contributed by atoms with E-state index in [1.54, 1.807) is 29.3 Å². The number of carbonyl (C=O) groups excluding carboxylic acids is 1. The summed E-state index contributed by atoms with van der Waals surface area (Å²) < 4.78 is 30.6. The maximum atomic E-state index is 13.6. The maximum absolute atomic E-state index is 13.6. The van der Waals surface area contributed by atoms with Crippen molar-refractivity contribution >= 4 is 53.9 Å². The SMILES string of the molecule is CC1CCN(C(=O)[C@H](Cc2cc3c(N)nccc3s2)NS(=O)(=O)c2ccc3ccccc3c2)CC1. The van der Waals surface area contributed by atoms with E-state index in [0.29, 0.717) is 24.8 Å². The van der Waals surface area contributed by atoms with Crippen LogP contribution in [0.15, 0.2) is 65.7 Å². The summed E-state index contributed by atoms with van der Waals surface area (Å²) in [4.78, 5) is 20.5. The van der Waals surface area contributed by atoms with E-state index in [4.69, 9.17) is 5.73 Å². The van der Waals surface area contributed by atoms with E-state index in [0.717, 1.165) is 38.6 Å². The summed E-state index contributed by atoms with van der Waals surface area (Å²) in [6, 6.07) is 15.5. The zero-order chi connectivity index (χ0) is 24.6. The molecule has 5 rings (SSSR count). The number of nitrogen functional groups attached to an aromatic ring is 1. The predicted molar refractivity (Wildman–Crippen MR) is 141 cm³/mol. The van der Waals surface area contributed by atoms with Crippen molar-refractivity contribution in [2.24, 2.45) is 5.92 Å². The predicted octanol–water partition coefficient (Wildman–Crippen LogP) is 4.18. The van der Waals surface area contributed by atoms with Crippen molar-refractivity contribution in [3.8, 4) is 0 Å². The van der Waals surface area contributed by atoms with Gasteiger partial charge >= 0.3 is 0 Å². The Labute approximate surface area is 209 Å². The van der Waals surface area contributed by atoms with Gasteiger partial charge in [0.1, 0.15) is 11.9 Å².